The van der Waals surface area contributed by atoms with Crippen LogP contribution in [0.2, 0.25) is 0 Å². The number of aliphatic imine (C=N–C) groups is 1. The molecule has 5 heteroatoms. The molecular weight excluding hydrogens is 290 g/mol. The number of hydrogen-bond acceptors (Lipinski definition) is 3. The third-order valence-electron chi connectivity index (χ3n) is 3.46. The minimum atomic E-state index is 0.799. The molecule has 1 rings (SSSR count). The largest absolute Gasteiger partial charge is 0.497 e. The second kappa shape index (κ2) is 12.8. The number of guanidine groups is 1. The zero-order valence-electron chi connectivity index (χ0n) is 14.7. The van der Waals surface area contributed by atoms with Gasteiger partial charge in [-0.05, 0) is 37.0 Å². The van der Waals surface area contributed by atoms with E-state index in [4.69, 9.17) is 9.47 Å². The molecule has 5 nitrogen and oxygen atoms in total. The van der Waals surface area contributed by atoms with Crippen molar-refractivity contribution in [1.29, 1.82) is 0 Å². The summed E-state index contributed by atoms with van der Waals surface area (Å²) in [7, 11) is 3.48. The Morgan fingerprint density at radius 3 is 2.65 bits per heavy atom. The van der Waals surface area contributed by atoms with E-state index in [9.17, 15) is 0 Å². The number of ether oxygens (including phenoxy) is 2. The second-order valence-corrected chi connectivity index (χ2v) is 5.35. The average molecular weight is 321 g/mol. The molecule has 2 N–H and O–H groups in total. The maximum Gasteiger partial charge on any atom is 0.190 e. The first kappa shape index (κ1) is 19.3. The summed E-state index contributed by atoms with van der Waals surface area (Å²) in [6.07, 6.45) is 4.24. The normalized spacial score (nSPS) is 11.3. The summed E-state index contributed by atoms with van der Waals surface area (Å²) in [6, 6.07) is 8.14. The highest BCUT2D eigenvalue weighted by molar-refractivity contribution is 5.79. The molecule has 0 saturated heterocycles. The van der Waals surface area contributed by atoms with E-state index in [1.165, 1.54) is 12.0 Å². The van der Waals surface area contributed by atoms with Crippen LogP contribution < -0.4 is 15.4 Å². The van der Waals surface area contributed by atoms with Crippen LogP contribution in [-0.4, -0.2) is 46.4 Å². The Morgan fingerprint density at radius 2 is 1.91 bits per heavy atom. The van der Waals surface area contributed by atoms with Crippen molar-refractivity contribution < 1.29 is 9.47 Å². The summed E-state index contributed by atoms with van der Waals surface area (Å²) >= 11 is 0. The molecule has 0 aliphatic heterocycles. The fraction of sp³-hybridized carbons (Fsp3) is 0.611. The molecule has 0 amide bonds. The maximum atomic E-state index is 5.54. The highest BCUT2D eigenvalue weighted by Crippen LogP contribution is 2.12. The van der Waals surface area contributed by atoms with Crippen LogP contribution in [0.5, 0.6) is 5.75 Å². The summed E-state index contributed by atoms with van der Waals surface area (Å²) in [5.41, 5.74) is 1.25. The number of rotatable bonds is 11. The maximum absolute atomic E-state index is 5.54. The molecule has 0 aliphatic rings. The van der Waals surface area contributed by atoms with Gasteiger partial charge in [-0.1, -0.05) is 25.5 Å². The number of nitrogens with zero attached hydrogens (tertiary/aromatic N) is 1. The van der Waals surface area contributed by atoms with Gasteiger partial charge in [0.15, 0.2) is 5.96 Å². The average Bonchev–Trinajstić information content (AvgIpc) is 2.59. The standard InChI is InChI=1S/C18H31N3O2/c1-4-5-13-23-14-7-11-20-18(19-2)21-12-10-16-8-6-9-17(15-16)22-3/h6,8-9,15H,4-5,7,10-14H2,1-3H3,(H2,19,20,21). The number of hydrogen-bond donors (Lipinski definition) is 2. The van der Waals surface area contributed by atoms with Crippen molar-refractivity contribution in [2.45, 2.75) is 32.6 Å². The van der Waals surface area contributed by atoms with Gasteiger partial charge in [0.2, 0.25) is 0 Å². The minimum absolute atomic E-state index is 0.799. The van der Waals surface area contributed by atoms with Gasteiger partial charge >= 0.3 is 0 Å². The van der Waals surface area contributed by atoms with Crippen molar-refractivity contribution in [3.8, 4) is 5.75 Å². The molecule has 0 aliphatic carbocycles. The molecule has 1 aromatic carbocycles. The Bertz CT molecular complexity index is 450. The third kappa shape index (κ3) is 9.08. The molecule has 130 valence electrons. The second-order valence-electron chi connectivity index (χ2n) is 5.35. The van der Waals surface area contributed by atoms with Crippen molar-refractivity contribution in [3.63, 3.8) is 0 Å². The monoisotopic (exact) mass is 321 g/mol. The molecule has 23 heavy (non-hydrogen) atoms. The SMILES string of the molecule is CCCCOCCCNC(=NC)NCCc1cccc(OC)c1. The predicted molar refractivity (Wildman–Crippen MR) is 96.4 cm³/mol. The lowest BCUT2D eigenvalue weighted by Crippen LogP contribution is -2.39. The van der Waals surface area contributed by atoms with E-state index in [-0.39, 0.29) is 0 Å². The van der Waals surface area contributed by atoms with E-state index >= 15 is 0 Å². The zero-order valence-corrected chi connectivity index (χ0v) is 14.7. The van der Waals surface area contributed by atoms with E-state index < -0.39 is 0 Å². The molecule has 0 atom stereocenters. The van der Waals surface area contributed by atoms with Gasteiger partial charge in [-0.15, -0.1) is 0 Å². The lowest BCUT2D eigenvalue weighted by molar-refractivity contribution is 0.129. The predicted octanol–water partition coefficient (Wildman–Crippen LogP) is 2.61. The van der Waals surface area contributed by atoms with Crippen LogP contribution in [0, 0.1) is 0 Å². The van der Waals surface area contributed by atoms with Crippen LogP contribution in [0.1, 0.15) is 31.7 Å². The summed E-state index contributed by atoms with van der Waals surface area (Å²) in [5.74, 6) is 1.73. The van der Waals surface area contributed by atoms with Crippen LogP contribution in [0.4, 0.5) is 0 Å². The van der Waals surface area contributed by atoms with E-state index in [1.54, 1.807) is 14.2 Å². The van der Waals surface area contributed by atoms with Crippen LogP contribution in [-0.2, 0) is 11.2 Å². The molecule has 0 saturated carbocycles. The Morgan fingerprint density at radius 1 is 1.13 bits per heavy atom. The van der Waals surface area contributed by atoms with Gasteiger partial charge in [0.05, 0.1) is 7.11 Å². The summed E-state index contributed by atoms with van der Waals surface area (Å²) in [5, 5.41) is 6.63. The highest BCUT2D eigenvalue weighted by Gasteiger charge is 1.99. The summed E-state index contributed by atoms with van der Waals surface area (Å²) in [6.45, 7) is 5.54. The molecular formula is C18H31N3O2. The minimum Gasteiger partial charge on any atom is -0.497 e. The quantitative estimate of drug-likeness (QED) is 0.374. The van der Waals surface area contributed by atoms with Gasteiger partial charge in [0.1, 0.15) is 5.75 Å². The summed E-state index contributed by atoms with van der Waals surface area (Å²) in [4.78, 5) is 4.23. The Balaban J connectivity index is 2.14. The van der Waals surface area contributed by atoms with Gasteiger partial charge in [-0.3, -0.25) is 4.99 Å². The fourth-order valence-electron chi connectivity index (χ4n) is 2.10. The van der Waals surface area contributed by atoms with Gasteiger partial charge in [-0.2, -0.15) is 0 Å². The number of benzene rings is 1. The van der Waals surface area contributed by atoms with Gasteiger partial charge in [-0.25, -0.2) is 0 Å². The molecule has 0 aromatic heterocycles. The number of unbranched alkanes of at least 4 members (excludes halogenated alkanes) is 1. The van der Waals surface area contributed by atoms with Crippen LogP contribution >= 0.6 is 0 Å². The van der Waals surface area contributed by atoms with Crippen molar-refractivity contribution in [3.05, 3.63) is 29.8 Å². The number of methoxy groups -OCH3 is 1. The summed E-state index contributed by atoms with van der Waals surface area (Å²) < 4.78 is 10.8. The van der Waals surface area contributed by atoms with E-state index in [0.717, 1.165) is 57.3 Å². The Labute approximate surface area is 140 Å². The number of nitrogens with one attached hydrogen (secondary N) is 2. The van der Waals surface area contributed by atoms with Gasteiger partial charge < -0.3 is 20.1 Å². The van der Waals surface area contributed by atoms with Crippen LogP contribution in [0.25, 0.3) is 0 Å². The van der Waals surface area contributed by atoms with E-state index in [0.29, 0.717) is 0 Å². The van der Waals surface area contributed by atoms with Crippen molar-refractivity contribution in [2.24, 2.45) is 4.99 Å². The Kier molecular flexibility index (Phi) is 10.7. The van der Waals surface area contributed by atoms with E-state index in [1.807, 2.05) is 12.1 Å². The topological polar surface area (TPSA) is 54.9 Å². The molecule has 0 unspecified atom stereocenters. The van der Waals surface area contributed by atoms with Crippen LogP contribution in [0.15, 0.2) is 29.3 Å². The smallest absolute Gasteiger partial charge is 0.190 e. The molecule has 0 fully saturated rings. The third-order valence-corrected chi connectivity index (χ3v) is 3.46. The van der Waals surface area contributed by atoms with Gasteiger partial charge in [0, 0.05) is 33.4 Å². The zero-order chi connectivity index (χ0) is 16.8. The lowest BCUT2D eigenvalue weighted by Gasteiger charge is -2.12. The first-order valence-electron chi connectivity index (χ1n) is 8.45. The first-order chi connectivity index (χ1) is 11.3. The van der Waals surface area contributed by atoms with Gasteiger partial charge in [0.25, 0.3) is 0 Å². The molecule has 0 heterocycles. The van der Waals surface area contributed by atoms with Crippen molar-refractivity contribution in [1.82, 2.24) is 10.6 Å². The highest BCUT2D eigenvalue weighted by atomic mass is 16.5. The fourth-order valence-corrected chi connectivity index (χ4v) is 2.10. The lowest BCUT2D eigenvalue weighted by atomic mass is 10.1. The molecule has 0 spiro atoms. The molecule has 0 radical (unpaired) electrons. The van der Waals surface area contributed by atoms with Crippen molar-refractivity contribution in [2.75, 3.05) is 40.5 Å². The molecule has 1 aromatic rings. The molecule has 0 bridgehead atoms. The Hall–Kier alpha value is -1.75. The van der Waals surface area contributed by atoms with Crippen molar-refractivity contribution >= 4 is 5.96 Å². The van der Waals surface area contributed by atoms with Crippen LogP contribution in [0.3, 0.4) is 0 Å². The first-order valence-corrected chi connectivity index (χ1v) is 8.45. The van der Waals surface area contributed by atoms with E-state index in [2.05, 4.69) is 34.7 Å².